The summed E-state index contributed by atoms with van der Waals surface area (Å²) in [6, 6.07) is -3.58. The van der Waals surface area contributed by atoms with Gasteiger partial charge in [-0.1, -0.05) is 0 Å². The number of aliphatic hydroxyl groups excluding tert-OH is 3. The van der Waals surface area contributed by atoms with Crippen molar-refractivity contribution in [3.63, 3.8) is 0 Å². The third-order valence-corrected chi connectivity index (χ3v) is 5.21. The van der Waals surface area contributed by atoms with E-state index in [-0.39, 0.29) is 12.8 Å². The quantitative estimate of drug-likeness (QED) is 0.125. The van der Waals surface area contributed by atoms with E-state index in [0.717, 1.165) is 14.0 Å². The van der Waals surface area contributed by atoms with Crippen LogP contribution in [0.15, 0.2) is 0 Å². The maximum absolute atomic E-state index is 12.6. The maximum atomic E-state index is 12.6. The summed E-state index contributed by atoms with van der Waals surface area (Å²) in [5, 5.41) is 37.1. The maximum Gasteiger partial charge on any atom is 0.328 e. The lowest BCUT2D eigenvalue weighted by molar-refractivity contribution is -0.266. The Kier molecular flexibility index (Phi) is 12.0. The van der Waals surface area contributed by atoms with Crippen molar-refractivity contribution in [2.24, 2.45) is 5.73 Å². The highest BCUT2D eigenvalue weighted by molar-refractivity contribution is 5.91. The lowest BCUT2D eigenvalue weighted by Gasteiger charge is -2.43. The molecule has 0 spiro atoms. The van der Waals surface area contributed by atoms with Crippen molar-refractivity contribution in [2.45, 2.75) is 82.4 Å². The number of esters is 1. The molecule has 0 aromatic carbocycles. The Labute approximate surface area is 201 Å². The highest BCUT2D eigenvalue weighted by atomic mass is 16.6. The van der Waals surface area contributed by atoms with Crippen molar-refractivity contribution in [1.29, 1.82) is 0 Å². The molecule has 15 nitrogen and oxygen atoms in total. The van der Waals surface area contributed by atoms with Gasteiger partial charge in [0.2, 0.25) is 23.6 Å². The van der Waals surface area contributed by atoms with E-state index in [1.54, 1.807) is 0 Å². The Morgan fingerprint density at radius 3 is 2.23 bits per heavy atom. The highest BCUT2D eigenvalue weighted by Gasteiger charge is 2.47. The zero-order chi connectivity index (χ0) is 26.9. The summed E-state index contributed by atoms with van der Waals surface area (Å²) in [6.07, 6.45) is -7.32. The first-order valence-electron chi connectivity index (χ1n) is 10.8. The van der Waals surface area contributed by atoms with Gasteiger partial charge in [0, 0.05) is 13.3 Å². The number of hydrogen-bond donors (Lipinski definition) is 7. The smallest absolute Gasteiger partial charge is 0.328 e. The van der Waals surface area contributed by atoms with Crippen LogP contribution in [-0.2, 0) is 38.2 Å². The molecule has 8 N–H and O–H groups in total. The SMILES string of the molecule is COC(=O)[C@H](CCC(N)=O)NC(=O)[C@H](C)NC(=O)[C@@H](C)OC1C(O)C(CO)OC(O)C1NC(C)=O. The van der Waals surface area contributed by atoms with Crippen LogP contribution < -0.4 is 21.7 Å². The minimum absolute atomic E-state index is 0.103. The summed E-state index contributed by atoms with van der Waals surface area (Å²) in [7, 11) is 1.10. The zero-order valence-corrected chi connectivity index (χ0v) is 19.9. The number of methoxy groups -OCH3 is 1. The largest absolute Gasteiger partial charge is 0.467 e. The van der Waals surface area contributed by atoms with Gasteiger partial charge in [-0.2, -0.15) is 0 Å². The van der Waals surface area contributed by atoms with Crippen molar-refractivity contribution in [3.05, 3.63) is 0 Å². The lowest BCUT2D eigenvalue weighted by Crippen LogP contribution is -2.65. The van der Waals surface area contributed by atoms with Gasteiger partial charge in [0.1, 0.15) is 42.5 Å². The lowest BCUT2D eigenvalue weighted by atomic mass is 9.96. The molecule has 0 aromatic rings. The fourth-order valence-electron chi connectivity index (χ4n) is 3.30. The number of aliphatic hydroxyl groups is 3. The van der Waals surface area contributed by atoms with E-state index in [1.165, 1.54) is 13.8 Å². The Bertz CT molecular complexity index is 780. The molecule has 0 radical (unpaired) electrons. The topological polar surface area (TPSA) is 236 Å². The monoisotopic (exact) mass is 506 g/mol. The molecule has 1 rings (SSSR count). The van der Waals surface area contributed by atoms with Crippen LogP contribution in [0.25, 0.3) is 0 Å². The molecule has 200 valence electrons. The molecule has 15 heteroatoms. The summed E-state index contributed by atoms with van der Waals surface area (Å²) in [5.41, 5.74) is 5.07. The zero-order valence-electron chi connectivity index (χ0n) is 19.9. The number of carbonyl (C=O) groups is 5. The van der Waals surface area contributed by atoms with E-state index in [2.05, 4.69) is 20.7 Å². The molecule has 35 heavy (non-hydrogen) atoms. The standard InChI is InChI=1S/C20H34N4O11/c1-8(17(29)24-11(19(31)33-4)5-6-13(21)27)22-18(30)9(2)34-16-14(23-10(3)26)20(32)35-12(7-25)15(16)28/h8-9,11-12,14-16,20,25,28,32H,5-7H2,1-4H3,(H2,21,27)(H,22,30)(H,23,26)(H,24,29)/t8-,9+,11-,12?,14?,15?,16?,20?/m0/s1. The first-order chi connectivity index (χ1) is 16.3. The summed E-state index contributed by atoms with van der Waals surface area (Å²) in [4.78, 5) is 59.4. The van der Waals surface area contributed by atoms with Crippen molar-refractivity contribution >= 4 is 29.6 Å². The molecular formula is C20H34N4O11. The third kappa shape index (κ3) is 9.03. The fraction of sp³-hybridized carbons (Fsp3) is 0.750. The number of nitrogens with one attached hydrogen (secondary N) is 3. The first-order valence-corrected chi connectivity index (χ1v) is 10.8. The van der Waals surface area contributed by atoms with Crippen LogP contribution >= 0.6 is 0 Å². The number of amides is 4. The van der Waals surface area contributed by atoms with Gasteiger partial charge in [0.05, 0.1) is 13.7 Å². The number of carbonyl (C=O) groups excluding carboxylic acids is 5. The number of rotatable bonds is 12. The first kappa shape index (κ1) is 30.2. The van der Waals surface area contributed by atoms with Gasteiger partial charge in [0.15, 0.2) is 6.29 Å². The van der Waals surface area contributed by atoms with Gasteiger partial charge < -0.3 is 51.2 Å². The molecule has 4 amide bonds. The molecule has 5 unspecified atom stereocenters. The second kappa shape index (κ2) is 13.9. The second-order valence-electron chi connectivity index (χ2n) is 8.03. The van der Waals surface area contributed by atoms with Crippen LogP contribution in [0, 0.1) is 0 Å². The summed E-state index contributed by atoms with van der Waals surface area (Å²) in [6.45, 7) is 3.13. The number of nitrogens with two attached hydrogens (primary N) is 1. The summed E-state index contributed by atoms with van der Waals surface area (Å²) < 4.78 is 15.2. The molecule has 1 heterocycles. The predicted octanol–water partition coefficient (Wildman–Crippen LogP) is -4.24. The van der Waals surface area contributed by atoms with Gasteiger partial charge in [-0.05, 0) is 20.3 Å². The van der Waals surface area contributed by atoms with E-state index in [4.69, 9.17) is 15.2 Å². The molecule has 1 aliphatic rings. The van der Waals surface area contributed by atoms with Gasteiger partial charge in [-0.25, -0.2) is 4.79 Å². The molecule has 0 bridgehead atoms. The van der Waals surface area contributed by atoms with Crippen molar-refractivity contribution in [2.75, 3.05) is 13.7 Å². The molecule has 0 aliphatic carbocycles. The Morgan fingerprint density at radius 2 is 1.71 bits per heavy atom. The minimum atomic E-state index is -1.64. The van der Waals surface area contributed by atoms with Crippen molar-refractivity contribution in [1.82, 2.24) is 16.0 Å². The van der Waals surface area contributed by atoms with Gasteiger partial charge in [-0.3, -0.25) is 19.2 Å². The van der Waals surface area contributed by atoms with E-state index in [1.807, 2.05) is 0 Å². The third-order valence-electron chi connectivity index (χ3n) is 5.21. The second-order valence-corrected chi connectivity index (χ2v) is 8.03. The molecular weight excluding hydrogens is 472 g/mol. The van der Waals surface area contributed by atoms with Crippen LogP contribution in [-0.4, -0.2) is 107 Å². The molecule has 1 fully saturated rings. The molecule has 1 saturated heterocycles. The molecule has 1 aliphatic heterocycles. The summed E-state index contributed by atoms with van der Waals surface area (Å²) >= 11 is 0. The van der Waals surface area contributed by atoms with Crippen molar-refractivity contribution in [3.8, 4) is 0 Å². The van der Waals surface area contributed by atoms with Crippen LogP contribution in [0.4, 0.5) is 0 Å². The normalized spacial score (nSPS) is 26.5. The van der Waals surface area contributed by atoms with E-state index >= 15 is 0 Å². The molecule has 0 aromatic heterocycles. The Balaban J connectivity index is 2.82. The van der Waals surface area contributed by atoms with Crippen LogP contribution in [0.3, 0.4) is 0 Å². The number of hydrogen-bond acceptors (Lipinski definition) is 11. The van der Waals surface area contributed by atoms with Crippen LogP contribution in [0.1, 0.15) is 33.6 Å². The van der Waals surface area contributed by atoms with E-state index in [9.17, 15) is 39.3 Å². The Morgan fingerprint density at radius 1 is 1.09 bits per heavy atom. The van der Waals surface area contributed by atoms with Crippen LogP contribution in [0.5, 0.6) is 0 Å². The van der Waals surface area contributed by atoms with Gasteiger partial charge >= 0.3 is 5.97 Å². The van der Waals surface area contributed by atoms with Crippen molar-refractivity contribution < 1.29 is 53.5 Å². The van der Waals surface area contributed by atoms with Gasteiger partial charge in [-0.15, -0.1) is 0 Å². The number of primary amides is 1. The highest BCUT2D eigenvalue weighted by Crippen LogP contribution is 2.23. The predicted molar refractivity (Wildman–Crippen MR) is 116 cm³/mol. The average molecular weight is 507 g/mol. The van der Waals surface area contributed by atoms with E-state index < -0.39 is 85.0 Å². The molecule has 8 atom stereocenters. The average Bonchev–Trinajstić information content (AvgIpc) is 2.79. The fourth-order valence-corrected chi connectivity index (χ4v) is 3.30. The summed E-state index contributed by atoms with van der Waals surface area (Å²) in [5.74, 6) is -3.61. The Hall–Kier alpha value is -2.85. The number of ether oxygens (including phenoxy) is 3. The minimum Gasteiger partial charge on any atom is -0.467 e. The van der Waals surface area contributed by atoms with E-state index in [0.29, 0.717) is 0 Å². The molecule has 0 saturated carbocycles. The van der Waals surface area contributed by atoms with Gasteiger partial charge in [0.25, 0.3) is 0 Å². The van der Waals surface area contributed by atoms with Crippen LogP contribution in [0.2, 0.25) is 0 Å².